The van der Waals surface area contributed by atoms with Gasteiger partial charge in [-0.05, 0) is 73.1 Å². The van der Waals surface area contributed by atoms with Gasteiger partial charge in [0.2, 0.25) is 5.91 Å². The lowest BCUT2D eigenvalue weighted by atomic mass is 9.95. The van der Waals surface area contributed by atoms with Crippen LogP contribution in [-0.4, -0.2) is 20.6 Å². The van der Waals surface area contributed by atoms with E-state index in [-0.39, 0.29) is 18.0 Å². The number of aromatic nitrogens is 2. The molecule has 1 saturated heterocycles. The summed E-state index contributed by atoms with van der Waals surface area (Å²) in [5, 5.41) is 7.02. The van der Waals surface area contributed by atoms with Gasteiger partial charge < -0.3 is 20.1 Å². The van der Waals surface area contributed by atoms with Gasteiger partial charge in [-0.25, -0.2) is 0 Å². The van der Waals surface area contributed by atoms with Gasteiger partial charge in [-0.15, -0.1) is 0 Å². The fourth-order valence-electron chi connectivity index (χ4n) is 5.09. The van der Waals surface area contributed by atoms with Gasteiger partial charge in [0.05, 0.1) is 17.8 Å². The summed E-state index contributed by atoms with van der Waals surface area (Å²) >= 11 is 5.82. The summed E-state index contributed by atoms with van der Waals surface area (Å²) in [6.07, 6.45) is 12.8. The van der Waals surface area contributed by atoms with Gasteiger partial charge in [0.15, 0.2) is 5.11 Å². The molecule has 2 aromatic heterocycles. The molecule has 1 amide bonds. The number of benzene rings is 1. The highest BCUT2D eigenvalue weighted by Gasteiger charge is 2.41. The minimum absolute atomic E-state index is 0.0242. The summed E-state index contributed by atoms with van der Waals surface area (Å²) in [5.41, 5.74) is 3.93. The molecule has 33 heavy (non-hydrogen) atoms. The molecule has 2 N–H and O–H groups in total. The molecule has 0 unspecified atom stereocenters. The molecule has 2 fully saturated rings. The average molecular weight is 460 g/mol. The summed E-state index contributed by atoms with van der Waals surface area (Å²) in [7, 11) is 0. The third-order valence-electron chi connectivity index (χ3n) is 6.64. The van der Waals surface area contributed by atoms with E-state index >= 15 is 0 Å². The first kappa shape index (κ1) is 21.6. The normalized spacial score (nSPS) is 21.1. The highest BCUT2D eigenvalue weighted by atomic mass is 32.1. The molecule has 170 valence electrons. The van der Waals surface area contributed by atoms with Crippen molar-refractivity contribution in [2.24, 2.45) is 0 Å². The van der Waals surface area contributed by atoms with E-state index in [1.807, 2.05) is 42.6 Å². The van der Waals surface area contributed by atoms with Gasteiger partial charge in [0.1, 0.15) is 0 Å². The van der Waals surface area contributed by atoms with Crippen LogP contribution in [0.4, 0.5) is 11.4 Å². The van der Waals surface area contributed by atoms with Crippen LogP contribution >= 0.6 is 12.2 Å². The number of nitrogens with one attached hydrogen (secondary N) is 2. The number of carbonyl (C=O) groups is 1. The zero-order valence-electron chi connectivity index (χ0n) is 18.8. The fourth-order valence-corrected chi connectivity index (χ4v) is 5.44. The average Bonchev–Trinajstić information content (AvgIpc) is 3.45. The first-order valence-corrected chi connectivity index (χ1v) is 12.1. The molecule has 5 rings (SSSR count). The molecule has 2 atom stereocenters. The molecule has 3 heterocycles. The number of amides is 1. The number of thiocarbonyl (C=S) groups is 1. The fraction of sp³-hybridized carbons (Fsp3) is 0.346. The maximum atomic E-state index is 11.4. The minimum atomic E-state index is -0.0849. The second-order valence-corrected chi connectivity index (χ2v) is 9.30. The molecule has 1 aliphatic carbocycles. The molecule has 0 bridgehead atoms. The van der Waals surface area contributed by atoms with Gasteiger partial charge in [0, 0.05) is 42.9 Å². The van der Waals surface area contributed by atoms with Gasteiger partial charge >= 0.3 is 0 Å². The van der Waals surface area contributed by atoms with Crippen molar-refractivity contribution in [2.75, 3.05) is 10.2 Å². The Balaban J connectivity index is 1.51. The highest BCUT2D eigenvalue weighted by molar-refractivity contribution is 7.80. The smallest absolute Gasteiger partial charge is 0.221 e. The maximum Gasteiger partial charge on any atom is 0.221 e. The third kappa shape index (κ3) is 4.50. The van der Waals surface area contributed by atoms with Crippen molar-refractivity contribution in [1.29, 1.82) is 0 Å². The number of hydrogen-bond donors (Lipinski definition) is 2. The number of rotatable bonds is 5. The molecule has 1 saturated carbocycles. The van der Waals surface area contributed by atoms with Crippen LogP contribution in [-0.2, 0) is 4.79 Å². The van der Waals surface area contributed by atoms with Crippen molar-refractivity contribution in [2.45, 2.75) is 57.2 Å². The molecule has 2 aliphatic rings. The van der Waals surface area contributed by atoms with Crippen LogP contribution in [0.2, 0.25) is 0 Å². The maximum absolute atomic E-state index is 11.4. The van der Waals surface area contributed by atoms with Crippen LogP contribution < -0.4 is 15.5 Å². The van der Waals surface area contributed by atoms with E-state index in [4.69, 9.17) is 12.2 Å². The van der Waals surface area contributed by atoms with Gasteiger partial charge in [0.25, 0.3) is 0 Å². The lowest BCUT2D eigenvalue weighted by Crippen LogP contribution is -2.29. The topological polar surface area (TPSA) is 62.2 Å². The van der Waals surface area contributed by atoms with Crippen molar-refractivity contribution < 1.29 is 4.79 Å². The Morgan fingerprint density at radius 1 is 1.09 bits per heavy atom. The summed E-state index contributed by atoms with van der Waals surface area (Å²) in [5.74, 6) is -0.0849. The molecule has 6 nitrogen and oxygen atoms in total. The van der Waals surface area contributed by atoms with E-state index in [2.05, 4.69) is 49.6 Å². The van der Waals surface area contributed by atoms with E-state index in [9.17, 15) is 4.79 Å². The van der Waals surface area contributed by atoms with E-state index in [1.165, 1.54) is 44.6 Å². The zero-order valence-corrected chi connectivity index (χ0v) is 19.6. The van der Waals surface area contributed by atoms with Crippen LogP contribution in [0.15, 0.2) is 67.1 Å². The second kappa shape index (κ2) is 9.35. The number of carbonyl (C=O) groups excluding carboxylic acids is 1. The van der Waals surface area contributed by atoms with Crippen LogP contribution in [0.1, 0.15) is 68.4 Å². The van der Waals surface area contributed by atoms with Crippen molar-refractivity contribution >= 4 is 34.6 Å². The molecule has 3 aromatic rings. The minimum Gasteiger partial charge on any atom is -0.351 e. The Labute approximate surface area is 200 Å². The van der Waals surface area contributed by atoms with Crippen LogP contribution in [0.25, 0.3) is 0 Å². The summed E-state index contributed by atoms with van der Waals surface area (Å²) in [6, 6.07) is 16.6. The van der Waals surface area contributed by atoms with E-state index in [0.29, 0.717) is 11.2 Å². The number of nitrogens with zero attached hydrogens (tertiary/aromatic N) is 3. The largest absolute Gasteiger partial charge is 0.351 e. The summed E-state index contributed by atoms with van der Waals surface area (Å²) < 4.78 is 2.39. The van der Waals surface area contributed by atoms with Crippen molar-refractivity contribution in [3.63, 3.8) is 0 Å². The predicted octanol–water partition coefficient (Wildman–Crippen LogP) is 5.52. The van der Waals surface area contributed by atoms with Crippen molar-refractivity contribution in [3.05, 3.63) is 78.4 Å². The van der Waals surface area contributed by atoms with Gasteiger partial charge in [-0.1, -0.05) is 25.3 Å². The van der Waals surface area contributed by atoms with Gasteiger partial charge in [-0.3, -0.25) is 9.78 Å². The van der Waals surface area contributed by atoms with Gasteiger partial charge in [-0.2, -0.15) is 0 Å². The molecule has 7 heteroatoms. The Morgan fingerprint density at radius 3 is 2.58 bits per heavy atom. The first-order chi connectivity index (χ1) is 16.1. The van der Waals surface area contributed by atoms with E-state index in [0.717, 1.165) is 17.1 Å². The number of anilines is 2. The monoisotopic (exact) mass is 459 g/mol. The standard InChI is InChI=1S/C26H29N5OS/c1-18(32)28-20-10-12-22(13-11-20)31-25(24(29-26(31)33)23-9-5-6-15-27-23)19-14-16-30(17-19)21-7-3-2-4-8-21/h5-6,9-17,21,24-25H,2-4,7-8H2,1H3,(H,28,32)(H,29,33)/t24-,25+/m1/s1. The quantitative estimate of drug-likeness (QED) is 0.492. The Morgan fingerprint density at radius 2 is 1.88 bits per heavy atom. The van der Waals surface area contributed by atoms with Crippen LogP contribution in [0.5, 0.6) is 0 Å². The van der Waals surface area contributed by atoms with Crippen molar-refractivity contribution in [3.8, 4) is 0 Å². The summed E-state index contributed by atoms with van der Waals surface area (Å²) in [6.45, 7) is 1.51. The zero-order chi connectivity index (χ0) is 22.8. The molecular weight excluding hydrogens is 430 g/mol. The molecular formula is C26H29N5OS. The lowest BCUT2D eigenvalue weighted by Gasteiger charge is -2.28. The number of pyridine rings is 1. The second-order valence-electron chi connectivity index (χ2n) is 8.91. The molecule has 0 radical (unpaired) electrons. The van der Waals surface area contributed by atoms with Crippen LogP contribution in [0.3, 0.4) is 0 Å². The summed E-state index contributed by atoms with van der Waals surface area (Å²) in [4.78, 5) is 18.2. The molecule has 1 aliphatic heterocycles. The van der Waals surface area contributed by atoms with Crippen LogP contribution in [0, 0.1) is 0 Å². The third-order valence-corrected chi connectivity index (χ3v) is 6.95. The first-order valence-electron chi connectivity index (χ1n) is 11.7. The Kier molecular flexibility index (Phi) is 6.13. The molecule has 0 spiro atoms. The molecule has 1 aromatic carbocycles. The van der Waals surface area contributed by atoms with E-state index in [1.54, 1.807) is 0 Å². The van der Waals surface area contributed by atoms with Crippen molar-refractivity contribution in [1.82, 2.24) is 14.9 Å². The number of hydrogen-bond acceptors (Lipinski definition) is 3. The predicted molar refractivity (Wildman–Crippen MR) is 135 cm³/mol. The Bertz CT molecular complexity index is 1120. The lowest BCUT2D eigenvalue weighted by molar-refractivity contribution is -0.114. The SMILES string of the molecule is CC(=O)Nc1ccc(N2C(=S)N[C@H](c3ccccn3)[C@@H]2c2ccn(C3CCCCC3)c2)cc1. The highest BCUT2D eigenvalue weighted by Crippen LogP contribution is 2.42. The van der Waals surface area contributed by atoms with E-state index < -0.39 is 0 Å². The Hall–Kier alpha value is -3.19.